The van der Waals surface area contributed by atoms with Crippen molar-refractivity contribution in [2.75, 3.05) is 0 Å². The molecule has 1 unspecified atom stereocenters. The number of hydrogen-bond donors (Lipinski definition) is 1. The topological polar surface area (TPSA) is 87.8 Å². The van der Waals surface area contributed by atoms with Crippen molar-refractivity contribution >= 4 is 11.2 Å². The van der Waals surface area contributed by atoms with Crippen LogP contribution in [0, 0.1) is 0 Å². The highest BCUT2D eigenvalue weighted by Gasteiger charge is 2.21. The molecule has 0 fully saturated rings. The van der Waals surface area contributed by atoms with Gasteiger partial charge in [-0.25, -0.2) is 9.78 Å². The number of nitrogens with two attached hydrogens (primary N) is 1. The first-order valence-electron chi connectivity index (χ1n) is 7.46. The van der Waals surface area contributed by atoms with Crippen LogP contribution in [0.25, 0.3) is 11.2 Å². The first kappa shape index (κ1) is 15.5. The molecule has 0 spiro atoms. The van der Waals surface area contributed by atoms with E-state index in [2.05, 4.69) is 4.98 Å². The lowest BCUT2D eigenvalue weighted by Gasteiger charge is -2.15. The molecule has 2 N–H and O–H groups in total. The summed E-state index contributed by atoms with van der Waals surface area (Å²) in [5.41, 5.74) is 6.07. The molecule has 7 heteroatoms. The summed E-state index contributed by atoms with van der Waals surface area (Å²) in [6.45, 7) is 8.88. The number of aryl methyl sites for hydroxylation is 1. The van der Waals surface area contributed by atoms with E-state index >= 15 is 0 Å². The Morgan fingerprint density at radius 3 is 2.24 bits per heavy atom. The molecule has 21 heavy (non-hydrogen) atoms. The minimum atomic E-state index is -0.298. The van der Waals surface area contributed by atoms with E-state index < -0.39 is 0 Å². The Hall–Kier alpha value is -1.89. The van der Waals surface area contributed by atoms with E-state index in [1.54, 1.807) is 11.5 Å². The molecule has 2 rings (SSSR count). The van der Waals surface area contributed by atoms with E-state index in [1.807, 2.05) is 25.3 Å². The highest BCUT2D eigenvalue weighted by molar-refractivity contribution is 5.71. The average molecular weight is 293 g/mol. The van der Waals surface area contributed by atoms with E-state index in [-0.39, 0.29) is 23.8 Å². The zero-order chi connectivity index (χ0) is 15.7. The van der Waals surface area contributed by atoms with Crippen molar-refractivity contribution in [1.29, 1.82) is 0 Å². The third-order valence-electron chi connectivity index (χ3n) is 3.99. The standard InChI is InChI=1S/C14H23N5O2/c1-5-9(4)19-12-11(13(20)18(7-3)14(19)21)17(6-2)10(8-15)16-12/h9H,5-8,15H2,1-4H3. The van der Waals surface area contributed by atoms with Gasteiger partial charge in [-0.3, -0.25) is 13.9 Å². The highest BCUT2D eigenvalue weighted by Crippen LogP contribution is 2.16. The Bertz CT molecular complexity index is 768. The maximum atomic E-state index is 12.6. The monoisotopic (exact) mass is 293 g/mol. The van der Waals surface area contributed by atoms with E-state index in [1.165, 1.54) is 4.57 Å². The number of imidazole rings is 1. The zero-order valence-corrected chi connectivity index (χ0v) is 13.1. The smallest absolute Gasteiger partial charge is 0.324 e. The van der Waals surface area contributed by atoms with Crippen LogP contribution in [-0.2, 0) is 19.6 Å². The first-order chi connectivity index (χ1) is 10.0. The Balaban J connectivity index is 3.05. The Kier molecular flexibility index (Phi) is 4.32. The van der Waals surface area contributed by atoms with Crippen molar-refractivity contribution in [3.05, 3.63) is 26.7 Å². The number of fused-ring (bicyclic) bond motifs is 1. The van der Waals surface area contributed by atoms with Crippen molar-refractivity contribution in [3.63, 3.8) is 0 Å². The van der Waals surface area contributed by atoms with Gasteiger partial charge < -0.3 is 10.3 Å². The lowest BCUT2D eigenvalue weighted by atomic mass is 10.2. The second-order valence-corrected chi connectivity index (χ2v) is 5.11. The maximum Gasteiger partial charge on any atom is 0.332 e. The van der Waals surface area contributed by atoms with Crippen molar-refractivity contribution in [2.45, 2.75) is 59.8 Å². The summed E-state index contributed by atoms with van der Waals surface area (Å²) in [7, 11) is 0. The van der Waals surface area contributed by atoms with Crippen LogP contribution >= 0.6 is 0 Å². The minimum Gasteiger partial charge on any atom is -0.324 e. The first-order valence-corrected chi connectivity index (χ1v) is 7.46. The fourth-order valence-corrected chi connectivity index (χ4v) is 2.65. The van der Waals surface area contributed by atoms with Gasteiger partial charge in [0.2, 0.25) is 0 Å². The SMILES string of the molecule is CCC(C)n1c(=O)n(CC)c(=O)c2c1nc(CN)n2CC. The number of aromatic nitrogens is 4. The molecule has 0 amide bonds. The van der Waals surface area contributed by atoms with Crippen LogP contribution in [0.15, 0.2) is 9.59 Å². The molecule has 0 saturated heterocycles. The van der Waals surface area contributed by atoms with Gasteiger partial charge in [-0.2, -0.15) is 0 Å². The molecule has 0 radical (unpaired) electrons. The number of nitrogens with zero attached hydrogens (tertiary/aromatic N) is 4. The summed E-state index contributed by atoms with van der Waals surface area (Å²) in [4.78, 5) is 29.6. The molecule has 2 heterocycles. The zero-order valence-electron chi connectivity index (χ0n) is 13.1. The Morgan fingerprint density at radius 1 is 1.14 bits per heavy atom. The van der Waals surface area contributed by atoms with Gasteiger partial charge in [0.1, 0.15) is 5.82 Å². The molecule has 0 aliphatic carbocycles. The van der Waals surface area contributed by atoms with E-state index in [9.17, 15) is 9.59 Å². The summed E-state index contributed by atoms with van der Waals surface area (Å²) >= 11 is 0. The summed E-state index contributed by atoms with van der Waals surface area (Å²) in [6.07, 6.45) is 0.786. The van der Waals surface area contributed by atoms with Gasteiger partial charge in [-0.15, -0.1) is 0 Å². The Labute approximate surface area is 123 Å². The van der Waals surface area contributed by atoms with E-state index in [0.717, 1.165) is 6.42 Å². The molecule has 2 aromatic heterocycles. The van der Waals surface area contributed by atoms with Gasteiger partial charge in [0.25, 0.3) is 5.56 Å². The largest absolute Gasteiger partial charge is 0.332 e. The molecule has 0 aliphatic rings. The summed E-state index contributed by atoms with van der Waals surface area (Å²) in [5, 5.41) is 0. The third kappa shape index (κ3) is 2.21. The van der Waals surface area contributed by atoms with Crippen molar-refractivity contribution < 1.29 is 0 Å². The molecule has 2 aromatic rings. The molecule has 0 bridgehead atoms. The molecule has 1 atom stereocenters. The quantitative estimate of drug-likeness (QED) is 0.884. The summed E-state index contributed by atoms with van der Waals surface area (Å²) < 4.78 is 4.69. The van der Waals surface area contributed by atoms with Crippen LogP contribution in [0.4, 0.5) is 0 Å². The molecule has 0 aromatic carbocycles. The predicted octanol–water partition coefficient (Wildman–Crippen LogP) is 0.829. The van der Waals surface area contributed by atoms with Gasteiger partial charge in [0, 0.05) is 19.1 Å². The summed E-state index contributed by atoms with van der Waals surface area (Å²) in [6, 6.07) is -0.0239. The lowest BCUT2D eigenvalue weighted by molar-refractivity contribution is 0.488. The normalized spacial score (nSPS) is 13.0. The highest BCUT2D eigenvalue weighted by atomic mass is 16.2. The van der Waals surface area contributed by atoms with Gasteiger partial charge in [-0.05, 0) is 27.2 Å². The van der Waals surface area contributed by atoms with Gasteiger partial charge in [0.05, 0.1) is 6.54 Å². The molecule has 0 aliphatic heterocycles. The van der Waals surface area contributed by atoms with Crippen LogP contribution in [0.3, 0.4) is 0 Å². The number of hydrogen-bond acceptors (Lipinski definition) is 4. The molecule has 0 saturated carbocycles. The van der Waals surface area contributed by atoms with E-state index in [4.69, 9.17) is 5.73 Å². The van der Waals surface area contributed by atoms with Gasteiger partial charge >= 0.3 is 5.69 Å². The van der Waals surface area contributed by atoms with Crippen LogP contribution in [0.2, 0.25) is 0 Å². The second kappa shape index (κ2) is 5.85. The predicted molar refractivity (Wildman–Crippen MR) is 82.5 cm³/mol. The fraction of sp³-hybridized carbons (Fsp3) is 0.643. The third-order valence-corrected chi connectivity index (χ3v) is 3.99. The maximum absolute atomic E-state index is 12.6. The minimum absolute atomic E-state index is 0.0239. The molecular weight excluding hydrogens is 270 g/mol. The van der Waals surface area contributed by atoms with Crippen LogP contribution in [-0.4, -0.2) is 18.7 Å². The molecular formula is C14H23N5O2. The second-order valence-electron chi connectivity index (χ2n) is 5.11. The Morgan fingerprint density at radius 2 is 1.76 bits per heavy atom. The van der Waals surface area contributed by atoms with Crippen molar-refractivity contribution in [1.82, 2.24) is 18.7 Å². The van der Waals surface area contributed by atoms with Crippen molar-refractivity contribution in [3.8, 4) is 0 Å². The summed E-state index contributed by atoms with van der Waals surface area (Å²) in [5.74, 6) is 0.634. The van der Waals surface area contributed by atoms with Crippen LogP contribution in [0.1, 0.15) is 46.0 Å². The lowest BCUT2D eigenvalue weighted by Crippen LogP contribution is -2.41. The number of rotatable bonds is 5. The van der Waals surface area contributed by atoms with Gasteiger partial charge in [-0.1, -0.05) is 6.92 Å². The molecule has 116 valence electrons. The van der Waals surface area contributed by atoms with E-state index in [0.29, 0.717) is 30.1 Å². The van der Waals surface area contributed by atoms with Crippen LogP contribution < -0.4 is 17.0 Å². The van der Waals surface area contributed by atoms with Crippen LogP contribution in [0.5, 0.6) is 0 Å². The average Bonchev–Trinajstić information content (AvgIpc) is 2.85. The van der Waals surface area contributed by atoms with Gasteiger partial charge in [0.15, 0.2) is 11.2 Å². The molecule has 7 nitrogen and oxygen atoms in total. The van der Waals surface area contributed by atoms with Crippen molar-refractivity contribution in [2.24, 2.45) is 5.73 Å². The fourth-order valence-electron chi connectivity index (χ4n) is 2.65.